The van der Waals surface area contributed by atoms with E-state index >= 15 is 0 Å². The van der Waals surface area contributed by atoms with Gasteiger partial charge in [-0.3, -0.25) is 14.5 Å². The highest BCUT2D eigenvalue weighted by atomic mass is 35.5. The van der Waals surface area contributed by atoms with Gasteiger partial charge < -0.3 is 14.5 Å². The number of imide groups is 1. The third kappa shape index (κ3) is 4.61. The molecule has 9 heteroatoms. The summed E-state index contributed by atoms with van der Waals surface area (Å²) >= 11 is 6.05. The van der Waals surface area contributed by atoms with Crippen LogP contribution in [0.4, 0.5) is 5.95 Å². The number of carbonyl (C=O) groups excluding carboxylic acids is 2. The minimum absolute atomic E-state index is 0.0271. The summed E-state index contributed by atoms with van der Waals surface area (Å²) in [5.74, 6) is 0.0885. The van der Waals surface area contributed by atoms with Gasteiger partial charge in [0.2, 0.25) is 5.95 Å². The molecule has 1 fully saturated rings. The van der Waals surface area contributed by atoms with Gasteiger partial charge in [0.05, 0.1) is 24.8 Å². The fourth-order valence-electron chi connectivity index (χ4n) is 3.90. The Balaban J connectivity index is 1.59. The van der Waals surface area contributed by atoms with E-state index in [-0.39, 0.29) is 24.5 Å². The summed E-state index contributed by atoms with van der Waals surface area (Å²) in [6.45, 7) is 6.83. The second-order valence-electron chi connectivity index (χ2n) is 7.93. The molecule has 0 N–H and O–H groups in total. The monoisotopic (exact) mass is 455 g/mol. The summed E-state index contributed by atoms with van der Waals surface area (Å²) in [5.41, 5.74) is 1.54. The average Bonchev–Trinajstić information content (AvgIpc) is 3.05. The molecule has 0 radical (unpaired) electrons. The molecule has 2 aliphatic rings. The molecule has 1 saturated heterocycles. The number of rotatable bonds is 7. The molecule has 4 rings (SSSR count). The summed E-state index contributed by atoms with van der Waals surface area (Å²) < 4.78 is 5.58. The smallest absolute Gasteiger partial charge is 0.277 e. The number of nitrogens with zero attached hydrogens (tertiary/aromatic N) is 5. The first kappa shape index (κ1) is 22.2. The Morgan fingerprint density at radius 3 is 2.22 bits per heavy atom. The van der Waals surface area contributed by atoms with Crippen molar-refractivity contribution in [3.05, 3.63) is 59.0 Å². The SMILES string of the molecule is CC(C)OCCN1C(=O)C(c2ccc(Cl)cc2)=C(N2CCN(c3ncccn3)CC2)C1=O. The van der Waals surface area contributed by atoms with Crippen LogP contribution in [0.25, 0.3) is 5.57 Å². The van der Waals surface area contributed by atoms with Gasteiger partial charge in [0, 0.05) is 43.6 Å². The Morgan fingerprint density at radius 2 is 1.59 bits per heavy atom. The standard InChI is InChI=1S/C23H26ClN5O3/c1-16(2)32-15-14-29-21(30)19(17-4-6-18(24)7-5-17)20(22(29)31)27-10-12-28(13-11-27)23-25-8-3-9-26-23/h3-9,16H,10-15H2,1-2H3. The number of hydrogen-bond donors (Lipinski definition) is 0. The van der Waals surface area contributed by atoms with Gasteiger partial charge in [-0.25, -0.2) is 9.97 Å². The Bertz CT molecular complexity index is 1000. The maximum Gasteiger partial charge on any atom is 0.277 e. The van der Waals surface area contributed by atoms with Crippen LogP contribution in [0.15, 0.2) is 48.4 Å². The van der Waals surface area contributed by atoms with E-state index in [1.54, 1.807) is 42.7 Å². The number of carbonyl (C=O) groups is 2. The van der Waals surface area contributed by atoms with E-state index in [0.29, 0.717) is 60.6 Å². The molecule has 32 heavy (non-hydrogen) atoms. The Kier molecular flexibility index (Phi) is 6.72. The lowest BCUT2D eigenvalue weighted by Crippen LogP contribution is -2.48. The quantitative estimate of drug-likeness (QED) is 0.593. The molecule has 0 unspecified atom stereocenters. The molecular weight excluding hydrogens is 430 g/mol. The molecule has 8 nitrogen and oxygen atoms in total. The summed E-state index contributed by atoms with van der Waals surface area (Å²) in [4.78, 5) is 40.7. The van der Waals surface area contributed by atoms with Crippen LogP contribution in [-0.4, -0.2) is 77.0 Å². The highest BCUT2D eigenvalue weighted by Crippen LogP contribution is 2.33. The Hall–Kier alpha value is -2.97. The number of ether oxygens (including phenoxy) is 1. The van der Waals surface area contributed by atoms with E-state index < -0.39 is 0 Å². The van der Waals surface area contributed by atoms with Crippen LogP contribution in [0.1, 0.15) is 19.4 Å². The van der Waals surface area contributed by atoms with Gasteiger partial charge in [0.15, 0.2) is 0 Å². The summed E-state index contributed by atoms with van der Waals surface area (Å²) in [6.07, 6.45) is 3.46. The summed E-state index contributed by atoms with van der Waals surface area (Å²) in [5, 5.41) is 0.575. The lowest BCUT2D eigenvalue weighted by atomic mass is 10.0. The lowest BCUT2D eigenvalue weighted by Gasteiger charge is -2.36. The van der Waals surface area contributed by atoms with Gasteiger partial charge in [0.25, 0.3) is 11.8 Å². The molecule has 1 aromatic carbocycles. The first-order chi connectivity index (χ1) is 15.5. The van der Waals surface area contributed by atoms with Gasteiger partial charge in [-0.2, -0.15) is 0 Å². The zero-order chi connectivity index (χ0) is 22.7. The van der Waals surface area contributed by atoms with E-state index in [4.69, 9.17) is 16.3 Å². The van der Waals surface area contributed by atoms with Crippen molar-refractivity contribution in [1.82, 2.24) is 19.8 Å². The molecule has 3 heterocycles. The fraction of sp³-hybridized carbons (Fsp3) is 0.391. The van der Waals surface area contributed by atoms with Crippen LogP contribution < -0.4 is 4.90 Å². The zero-order valence-corrected chi connectivity index (χ0v) is 19.0. The van der Waals surface area contributed by atoms with E-state index in [1.165, 1.54) is 4.90 Å². The number of anilines is 1. The predicted octanol–water partition coefficient (Wildman–Crippen LogP) is 2.46. The van der Waals surface area contributed by atoms with Crippen molar-refractivity contribution < 1.29 is 14.3 Å². The fourth-order valence-corrected chi connectivity index (χ4v) is 4.03. The normalized spacial score (nSPS) is 17.2. The maximum atomic E-state index is 13.4. The molecule has 0 bridgehead atoms. The number of hydrogen-bond acceptors (Lipinski definition) is 7. The van der Waals surface area contributed by atoms with Crippen LogP contribution in [0.5, 0.6) is 0 Å². The van der Waals surface area contributed by atoms with Gasteiger partial charge >= 0.3 is 0 Å². The van der Waals surface area contributed by atoms with E-state index in [0.717, 1.165) is 0 Å². The van der Waals surface area contributed by atoms with Crippen molar-refractivity contribution in [3.8, 4) is 0 Å². The van der Waals surface area contributed by atoms with Crippen molar-refractivity contribution in [1.29, 1.82) is 0 Å². The largest absolute Gasteiger partial charge is 0.377 e. The molecule has 0 spiro atoms. The average molecular weight is 456 g/mol. The number of benzene rings is 1. The van der Waals surface area contributed by atoms with Gasteiger partial charge in [-0.1, -0.05) is 23.7 Å². The Labute approximate surface area is 192 Å². The molecule has 0 saturated carbocycles. The molecule has 0 atom stereocenters. The van der Waals surface area contributed by atoms with E-state index in [2.05, 4.69) is 14.9 Å². The van der Waals surface area contributed by atoms with E-state index in [9.17, 15) is 9.59 Å². The van der Waals surface area contributed by atoms with Crippen molar-refractivity contribution in [2.24, 2.45) is 0 Å². The van der Waals surface area contributed by atoms with Gasteiger partial charge in [-0.15, -0.1) is 0 Å². The number of aromatic nitrogens is 2. The predicted molar refractivity (Wildman–Crippen MR) is 122 cm³/mol. The zero-order valence-electron chi connectivity index (χ0n) is 18.2. The van der Waals surface area contributed by atoms with Crippen molar-refractivity contribution in [2.75, 3.05) is 44.2 Å². The first-order valence-electron chi connectivity index (χ1n) is 10.7. The molecule has 0 aliphatic carbocycles. The van der Waals surface area contributed by atoms with Gasteiger partial charge in [0.1, 0.15) is 5.70 Å². The van der Waals surface area contributed by atoms with Crippen molar-refractivity contribution >= 4 is 34.9 Å². The molecule has 2 aromatic rings. The topological polar surface area (TPSA) is 78.9 Å². The van der Waals surface area contributed by atoms with Crippen LogP contribution in [-0.2, 0) is 14.3 Å². The summed E-state index contributed by atoms with van der Waals surface area (Å²) in [6, 6.07) is 8.81. The summed E-state index contributed by atoms with van der Waals surface area (Å²) in [7, 11) is 0. The number of piperazine rings is 1. The second kappa shape index (κ2) is 9.67. The first-order valence-corrected chi connectivity index (χ1v) is 11.1. The molecule has 168 valence electrons. The van der Waals surface area contributed by atoms with E-state index in [1.807, 2.05) is 18.7 Å². The molecule has 2 aliphatic heterocycles. The van der Waals surface area contributed by atoms with Crippen LogP contribution in [0.2, 0.25) is 5.02 Å². The molecule has 2 amide bonds. The van der Waals surface area contributed by atoms with Gasteiger partial charge in [-0.05, 0) is 37.6 Å². The van der Waals surface area contributed by atoms with Crippen molar-refractivity contribution in [3.63, 3.8) is 0 Å². The van der Waals surface area contributed by atoms with Crippen LogP contribution in [0, 0.1) is 0 Å². The number of halogens is 1. The minimum atomic E-state index is -0.298. The highest BCUT2D eigenvalue weighted by molar-refractivity contribution is 6.36. The number of amides is 2. The lowest BCUT2D eigenvalue weighted by molar-refractivity contribution is -0.138. The maximum absolute atomic E-state index is 13.4. The second-order valence-corrected chi connectivity index (χ2v) is 8.37. The third-order valence-corrected chi connectivity index (χ3v) is 5.73. The van der Waals surface area contributed by atoms with Crippen LogP contribution >= 0.6 is 11.6 Å². The highest BCUT2D eigenvalue weighted by Gasteiger charge is 2.42. The third-order valence-electron chi connectivity index (χ3n) is 5.47. The molecule has 1 aromatic heterocycles. The van der Waals surface area contributed by atoms with Crippen molar-refractivity contribution in [2.45, 2.75) is 20.0 Å². The minimum Gasteiger partial charge on any atom is -0.377 e. The Morgan fingerprint density at radius 1 is 0.969 bits per heavy atom. The van der Waals surface area contributed by atoms with Crippen LogP contribution in [0.3, 0.4) is 0 Å². The molecular formula is C23H26ClN5O3.